The van der Waals surface area contributed by atoms with E-state index in [2.05, 4.69) is 11.4 Å². The second-order valence-corrected chi connectivity index (χ2v) is 4.03. The average molecular weight is 200 g/mol. The Morgan fingerprint density at radius 3 is 3.00 bits per heavy atom. The van der Waals surface area contributed by atoms with Gasteiger partial charge in [-0.2, -0.15) is 0 Å². The highest BCUT2D eigenvalue weighted by molar-refractivity contribution is 6.23. The SMILES string of the molecule is CN1CC2=C(C1=O)c1ccccc1CN2. The van der Waals surface area contributed by atoms with Crippen LogP contribution in [0.4, 0.5) is 0 Å². The second kappa shape index (κ2) is 2.86. The second-order valence-electron chi connectivity index (χ2n) is 4.03. The summed E-state index contributed by atoms with van der Waals surface area (Å²) in [6.45, 7) is 1.54. The Kier molecular flexibility index (Phi) is 1.63. The van der Waals surface area contributed by atoms with Gasteiger partial charge in [0, 0.05) is 19.3 Å². The molecule has 0 radical (unpaired) electrons. The zero-order valence-corrected chi connectivity index (χ0v) is 8.58. The molecule has 0 spiro atoms. The van der Waals surface area contributed by atoms with Gasteiger partial charge < -0.3 is 10.2 Å². The molecule has 76 valence electrons. The molecule has 3 nitrogen and oxygen atoms in total. The number of fused-ring (bicyclic) bond motifs is 2. The molecule has 0 aliphatic carbocycles. The number of hydrogen-bond donors (Lipinski definition) is 1. The lowest BCUT2D eigenvalue weighted by Gasteiger charge is -2.18. The van der Waals surface area contributed by atoms with Gasteiger partial charge in [0.25, 0.3) is 5.91 Å². The maximum atomic E-state index is 11.9. The first-order valence-corrected chi connectivity index (χ1v) is 5.08. The third-order valence-corrected chi connectivity index (χ3v) is 3.04. The van der Waals surface area contributed by atoms with Gasteiger partial charge in [-0.1, -0.05) is 24.3 Å². The molecule has 0 saturated carbocycles. The molecule has 2 aliphatic heterocycles. The van der Waals surface area contributed by atoms with Crippen molar-refractivity contribution in [3.8, 4) is 0 Å². The van der Waals surface area contributed by atoms with Crippen molar-refractivity contribution in [1.29, 1.82) is 0 Å². The van der Waals surface area contributed by atoms with Crippen LogP contribution in [0.5, 0.6) is 0 Å². The minimum atomic E-state index is 0.129. The van der Waals surface area contributed by atoms with E-state index in [1.807, 2.05) is 25.2 Å². The Morgan fingerprint density at radius 1 is 1.33 bits per heavy atom. The van der Waals surface area contributed by atoms with E-state index in [0.29, 0.717) is 6.54 Å². The fourth-order valence-corrected chi connectivity index (χ4v) is 2.25. The van der Waals surface area contributed by atoms with Crippen LogP contribution in [0, 0.1) is 0 Å². The Morgan fingerprint density at radius 2 is 2.13 bits per heavy atom. The maximum Gasteiger partial charge on any atom is 0.256 e. The molecule has 3 heteroatoms. The summed E-state index contributed by atoms with van der Waals surface area (Å²) in [5, 5.41) is 3.32. The van der Waals surface area contributed by atoms with E-state index in [9.17, 15) is 4.79 Å². The summed E-state index contributed by atoms with van der Waals surface area (Å²) >= 11 is 0. The maximum absolute atomic E-state index is 11.9. The van der Waals surface area contributed by atoms with E-state index >= 15 is 0 Å². The Balaban J connectivity index is 2.19. The molecule has 1 amide bonds. The quantitative estimate of drug-likeness (QED) is 0.677. The van der Waals surface area contributed by atoms with E-state index in [-0.39, 0.29) is 5.91 Å². The summed E-state index contributed by atoms with van der Waals surface area (Å²) in [7, 11) is 1.84. The number of likely N-dealkylation sites (N-methyl/N-ethyl adjacent to an activating group) is 1. The van der Waals surface area contributed by atoms with Crippen LogP contribution in [0.15, 0.2) is 30.0 Å². The highest BCUT2D eigenvalue weighted by Crippen LogP contribution is 2.31. The monoisotopic (exact) mass is 200 g/mol. The zero-order chi connectivity index (χ0) is 10.4. The third-order valence-electron chi connectivity index (χ3n) is 3.04. The van der Waals surface area contributed by atoms with Gasteiger partial charge in [0.1, 0.15) is 0 Å². The molecule has 2 aliphatic rings. The first kappa shape index (κ1) is 8.53. The number of hydrogen-bond acceptors (Lipinski definition) is 2. The van der Waals surface area contributed by atoms with Crippen molar-refractivity contribution in [2.75, 3.05) is 13.6 Å². The van der Waals surface area contributed by atoms with Gasteiger partial charge >= 0.3 is 0 Å². The first-order chi connectivity index (χ1) is 7.27. The topological polar surface area (TPSA) is 32.3 Å². The van der Waals surface area contributed by atoms with Gasteiger partial charge in [-0.3, -0.25) is 4.79 Å². The van der Waals surface area contributed by atoms with Crippen molar-refractivity contribution >= 4 is 11.5 Å². The number of nitrogens with zero attached hydrogens (tertiary/aromatic N) is 1. The number of amides is 1. The number of carbonyl (C=O) groups excluding carboxylic acids is 1. The largest absolute Gasteiger partial charge is 0.382 e. The van der Waals surface area contributed by atoms with Gasteiger partial charge in [0.2, 0.25) is 0 Å². The van der Waals surface area contributed by atoms with Crippen LogP contribution in [0.2, 0.25) is 0 Å². The van der Waals surface area contributed by atoms with E-state index in [4.69, 9.17) is 0 Å². The van der Waals surface area contributed by atoms with Crippen LogP contribution in [-0.4, -0.2) is 24.4 Å². The van der Waals surface area contributed by atoms with Crippen LogP contribution in [0.25, 0.3) is 5.57 Å². The highest BCUT2D eigenvalue weighted by atomic mass is 16.2. The lowest BCUT2D eigenvalue weighted by molar-refractivity contribution is -0.122. The average Bonchev–Trinajstić information content (AvgIpc) is 2.55. The molecule has 0 aromatic heterocycles. The number of rotatable bonds is 0. The molecule has 0 bridgehead atoms. The van der Waals surface area contributed by atoms with Crippen LogP contribution >= 0.6 is 0 Å². The fraction of sp³-hybridized carbons (Fsp3) is 0.250. The number of benzene rings is 1. The predicted molar refractivity (Wildman–Crippen MR) is 57.8 cm³/mol. The lowest BCUT2D eigenvalue weighted by Crippen LogP contribution is -2.22. The molecular weight excluding hydrogens is 188 g/mol. The molecule has 15 heavy (non-hydrogen) atoms. The van der Waals surface area contributed by atoms with Crippen LogP contribution in [0.1, 0.15) is 11.1 Å². The predicted octanol–water partition coefficient (Wildman–Crippen LogP) is 0.973. The molecule has 1 aromatic carbocycles. The molecule has 3 rings (SSSR count). The third kappa shape index (κ3) is 1.09. The van der Waals surface area contributed by atoms with E-state index < -0.39 is 0 Å². The summed E-state index contributed by atoms with van der Waals surface area (Å²) in [6, 6.07) is 8.09. The summed E-state index contributed by atoms with van der Waals surface area (Å²) in [5.41, 5.74) is 4.24. The van der Waals surface area contributed by atoms with E-state index in [1.54, 1.807) is 4.90 Å². The summed E-state index contributed by atoms with van der Waals surface area (Å²) < 4.78 is 0. The molecular formula is C12H12N2O. The standard InChI is InChI=1S/C12H12N2O/c1-14-7-10-11(12(14)15)9-5-3-2-4-8(9)6-13-10/h2-5,13H,6-7H2,1H3. The summed E-state index contributed by atoms with van der Waals surface area (Å²) in [6.07, 6.45) is 0. The first-order valence-electron chi connectivity index (χ1n) is 5.08. The van der Waals surface area contributed by atoms with Crippen molar-refractivity contribution in [3.05, 3.63) is 41.1 Å². The zero-order valence-electron chi connectivity index (χ0n) is 8.58. The molecule has 1 aromatic rings. The molecule has 2 heterocycles. The van der Waals surface area contributed by atoms with E-state index in [1.165, 1.54) is 5.56 Å². The van der Waals surface area contributed by atoms with Gasteiger partial charge in [-0.15, -0.1) is 0 Å². The number of carbonyl (C=O) groups is 1. The minimum absolute atomic E-state index is 0.129. The van der Waals surface area contributed by atoms with Crippen LogP contribution in [0.3, 0.4) is 0 Å². The van der Waals surface area contributed by atoms with Crippen LogP contribution in [-0.2, 0) is 11.3 Å². The fourth-order valence-electron chi connectivity index (χ4n) is 2.25. The molecule has 0 atom stereocenters. The van der Waals surface area contributed by atoms with Gasteiger partial charge in [-0.05, 0) is 11.1 Å². The van der Waals surface area contributed by atoms with Gasteiger partial charge in [0.15, 0.2) is 0 Å². The molecule has 0 unspecified atom stereocenters. The Labute approximate surface area is 88.4 Å². The van der Waals surface area contributed by atoms with Crippen molar-refractivity contribution in [2.24, 2.45) is 0 Å². The Hall–Kier alpha value is -1.77. The van der Waals surface area contributed by atoms with Crippen LogP contribution < -0.4 is 5.32 Å². The van der Waals surface area contributed by atoms with Crippen molar-refractivity contribution < 1.29 is 4.79 Å². The summed E-state index contributed by atoms with van der Waals surface area (Å²) in [4.78, 5) is 13.7. The van der Waals surface area contributed by atoms with Gasteiger partial charge in [-0.25, -0.2) is 0 Å². The summed E-state index contributed by atoms with van der Waals surface area (Å²) in [5.74, 6) is 0.129. The molecule has 1 N–H and O–H groups in total. The normalized spacial score (nSPS) is 18.7. The lowest BCUT2D eigenvalue weighted by atomic mass is 9.96. The number of nitrogens with one attached hydrogen (secondary N) is 1. The van der Waals surface area contributed by atoms with Gasteiger partial charge in [0.05, 0.1) is 12.1 Å². The molecule has 0 saturated heterocycles. The van der Waals surface area contributed by atoms with Crippen molar-refractivity contribution in [1.82, 2.24) is 10.2 Å². The smallest absolute Gasteiger partial charge is 0.256 e. The highest BCUT2D eigenvalue weighted by Gasteiger charge is 2.32. The molecule has 0 fully saturated rings. The van der Waals surface area contributed by atoms with E-state index in [0.717, 1.165) is 23.4 Å². The minimum Gasteiger partial charge on any atom is -0.382 e. The Bertz CT molecular complexity index is 476. The van der Waals surface area contributed by atoms with Crippen molar-refractivity contribution in [3.63, 3.8) is 0 Å². The van der Waals surface area contributed by atoms with Crippen molar-refractivity contribution in [2.45, 2.75) is 6.54 Å².